The monoisotopic (exact) mass is 232 g/mol. The van der Waals surface area contributed by atoms with Gasteiger partial charge in [0.25, 0.3) is 0 Å². The van der Waals surface area contributed by atoms with E-state index in [2.05, 4.69) is 6.92 Å². The second kappa shape index (κ2) is 5.67. The van der Waals surface area contributed by atoms with Crippen LogP contribution in [0, 0.1) is 5.41 Å². The van der Waals surface area contributed by atoms with Crippen LogP contribution in [0.2, 0.25) is 0 Å². The highest BCUT2D eigenvalue weighted by Crippen LogP contribution is 2.25. The Bertz CT molecular complexity index is 402. The molecule has 0 fully saturated rings. The van der Waals surface area contributed by atoms with Crippen LogP contribution in [-0.4, -0.2) is 10.9 Å². The number of aliphatic hydroxyl groups excluding tert-OH is 1. The number of aliphatic hydroxyl groups is 1. The van der Waals surface area contributed by atoms with Gasteiger partial charge < -0.3 is 5.11 Å². The Balaban J connectivity index is 2.86. The lowest BCUT2D eigenvalue weighted by molar-refractivity contribution is -0.122. The van der Waals surface area contributed by atoms with E-state index in [1.165, 1.54) is 6.08 Å². The highest BCUT2D eigenvalue weighted by molar-refractivity contribution is 5.98. The number of benzene rings is 1. The van der Waals surface area contributed by atoms with Crippen molar-refractivity contribution >= 4 is 11.5 Å². The number of hydrogen-bond donors (Lipinski definition) is 1. The van der Waals surface area contributed by atoms with Gasteiger partial charge in [0.05, 0.1) is 0 Å². The van der Waals surface area contributed by atoms with Crippen LogP contribution in [-0.2, 0) is 4.79 Å². The van der Waals surface area contributed by atoms with Crippen LogP contribution in [0.1, 0.15) is 39.2 Å². The molecule has 1 aromatic carbocycles. The first-order valence-corrected chi connectivity index (χ1v) is 5.98. The molecule has 0 aromatic heterocycles. The molecule has 0 bridgehead atoms. The van der Waals surface area contributed by atoms with Crippen molar-refractivity contribution in [3.8, 4) is 0 Å². The number of carbonyl (C=O) groups is 1. The van der Waals surface area contributed by atoms with E-state index in [1.54, 1.807) is 12.1 Å². The summed E-state index contributed by atoms with van der Waals surface area (Å²) in [7, 11) is 0. The van der Waals surface area contributed by atoms with Gasteiger partial charge in [0.2, 0.25) is 0 Å². The normalized spacial score (nSPS) is 12.5. The topological polar surface area (TPSA) is 37.3 Å². The molecular weight excluding hydrogens is 212 g/mol. The molecule has 0 unspecified atom stereocenters. The molecule has 0 saturated heterocycles. The van der Waals surface area contributed by atoms with Crippen LogP contribution in [0.4, 0.5) is 0 Å². The molecule has 0 aliphatic rings. The maximum Gasteiger partial charge on any atom is 0.164 e. The highest BCUT2D eigenvalue weighted by Gasteiger charge is 2.25. The third kappa shape index (κ3) is 3.74. The van der Waals surface area contributed by atoms with Crippen molar-refractivity contribution in [2.75, 3.05) is 0 Å². The Morgan fingerprint density at radius 1 is 1.29 bits per heavy atom. The van der Waals surface area contributed by atoms with Crippen molar-refractivity contribution in [1.29, 1.82) is 0 Å². The first kappa shape index (κ1) is 13.5. The zero-order chi connectivity index (χ0) is 12.9. The second-order valence-electron chi connectivity index (χ2n) is 4.89. The van der Waals surface area contributed by atoms with Gasteiger partial charge in [0, 0.05) is 17.1 Å². The minimum absolute atomic E-state index is 0.0271. The molecule has 0 saturated carbocycles. The Hall–Kier alpha value is -1.57. The van der Waals surface area contributed by atoms with Gasteiger partial charge in [-0.3, -0.25) is 4.79 Å². The molecule has 0 spiro atoms. The molecule has 17 heavy (non-hydrogen) atoms. The second-order valence-corrected chi connectivity index (χ2v) is 4.89. The average molecular weight is 232 g/mol. The lowest BCUT2D eigenvalue weighted by Gasteiger charge is -2.20. The molecule has 1 rings (SSSR count). The summed E-state index contributed by atoms with van der Waals surface area (Å²) in [5.41, 5.74) is 0.269. The number of rotatable bonds is 5. The Labute approximate surface area is 103 Å². The fourth-order valence-electron chi connectivity index (χ4n) is 1.76. The number of allylic oxidation sites excluding steroid dienone is 1. The van der Waals surface area contributed by atoms with E-state index in [-0.39, 0.29) is 11.5 Å². The Morgan fingerprint density at radius 2 is 1.88 bits per heavy atom. The van der Waals surface area contributed by atoms with Crippen molar-refractivity contribution in [1.82, 2.24) is 0 Å². The summed E-state index contributed by atoms with van der Waals surface area (Å²) in [6.07, 6.45) is 3.12. The summed E-state index contributed by atoms with van der Waals surface area (Å²) in [5, 5.41) is 9.86. The molecule has 0 heterocycles. The first-order chi connectivity index (χ1) is 7.97. The fourth-order valence-corrected chi connectivity index (χ4v) is 1.76. The van der Waals surface area contributed by atoms with Crippen LogP contribution in [0.25, 0.3) is 5.76 Å². The van der Waals surface area contributed by atoms with E-state index < -0.39 is 5.41 Å². The quantitative estimate of drug-likeness (QED) is 0.616. The van der Waals surface area contributed by atoms with E-state index in [0.717, 1.165) is 12.8 Å². The fraction of sp³-hybridized carbons (Fsp3) is 0.400. The van der Waals surface area contributed by atoms with Gasteiger partial charge in [-0.05, 0) is 6.42 Å². The summed E-state index contributed by atoms with van der Waals surface area (Å²) < 4.78 is 0. The maximum absolute atomic E-state index is 12.0. The third-order valence-electron chi connectivity index (χ3n) is 2.88. The van der Waals surface area contributed by atoms with Gasteiger partial charge in [0.1, 0.15) is 5.76 Å². The van der Waals surface area contributed by atoms with Crippen LogP contribution >= 0.6 is 0 Å². The molecule has 0 radical (unpaired) electrons. The Kier molecular flexibility index (Phi) is 4.50. The van der Waals surface area contributed by atoms with Gasteiger partial charge >= 0.3 is 0 Å². The van der Waals surface area contributed by atoms with Crippen molar-refractivity contribution in [2.24, 2.45) is 5.41 Å². The minimum Gasteiger partial charge on any atom is -0.507 e. The summed E-state index contributed by atoms with van der Waals surface area (Å²) >= 11 is 0. The van der Waals surface area contributed by atoms with E-state index in [1.807, 2.05) is 32.0 Å². The molecular formula is C15H20O2. The summed E-state index contributed by atoms with van der Waals surface area (Å²) in [5.74, 6) is 0.0143. The number of hydrogen-bond acceptors (Lipinski definition) is 2. The third-order valence-corrected chi connectivity index (χ3v) is 2.88. The summed E-state index contributed by atoms with van der Waals surface area (Å²) in [6.45, 7) is 5.87. The van der Waals surface area contributed by atoms with Crippen molar-refractivity contribution < 1.29 is 9.90 Å². The summed E-state index contributed by atoms with van der Waals surface area (Å²) in [6, 6.07) is 9.11. The van der Waals surface area contributed by atoms with Gasteiger partial charge in [-0.25, -0.2) is 0 Å². The standard InChI is InChI=1S/C15H20O2/c1-4-10-15(2,3)14(17)11-13(16)12-8-6-5-7-9-12/h5-9,11,16H,4,10H2,1-3H3/b13-11-. The average Bonchev–Trinajstić information content (AvgIpc) is 2.30. The zero-order valence-electron chi connectivity index (χ0n) is 10.7. The molecule has 1 N–H and O–H groups in total. The largest absolute Gasteiger partial charge is 0.507 e. The van der Waals surface area contributed by atoms with Crippen molar-refractivity contribution in [2.45, 2.75) is 33.6 Å². The minimum atomic E-state index is -0.405. The molecule has 92 valence electrons. The Morgan fingerprint density at radius 3 is 2.41 bits per heavy atom. The molecule has 2 nitrogen and oxygen atoms in total. The molecule has 0 aliphatic heterocycles. The number of carbonyl (C=O) groups excluding carboxylic acids is 1. The van der Waals surface area contributed by atoms with E-state index in [4.69, 9.17) is 0 Å². The molecule has 0 amide bonds. The molecule has 0 atom stereocenters. The maximum atomic E-state index is 12.0. The smallest absolute Gasteiger partial charge is 0.164 e. The predicted molar refractivity (Wildman–Crippen MR) is 70.7 cm³/mol. The number of ketones is 1. The van der Waals surface area contributed by atoms with Gasteiger partial charge in [-0.2, -0.15) is 0 Å². The van der Waals surface area contributed by atoms with Gasteiger partial charge in [-0.1, -0.05) is 57.5 Å². The highest BCUT2D eigenvalue weighted by atomic mass is 16.3. The molecule has 0 aliphatic carbocycles. The molecule has 1 aromatic rings. The van der Waals surface area contributed by atoms with E-state index in [9.17, 15) is 9.90 Å². The van der Waals surface area contributed by atoms with Gasteiger partial charge in [0.15, 0.2) is 5.78 Å². The van der Waals surface area contributed by atoms with Crippen molar-refractivity contribution in [3.63, 3.8) is 0 Å². The lowest BCUT2D eigenvalue weighted by Crippen LogP contribution is -2.22. The van der Waals surface area contributed by atoms with Crippen LogP contribution in [0.15, 0.2) is 36.4 Å². The summed E-state index contributed by atoms with van der Waals surface area (Å²) in [4.78, 5) is 12.0. The van der Waals surface area contributed by atoms with Crippen molar-refractivity contribution in [3.05, 3.63) is 42.0 Å². The first-order valence-electron chi connectivity index (χ1n) is 5.98. The lowest BCUT2D eigenvalue weighted by atomic mass is 9.83. The van der Waals surface area contributed by atoms with E-state index in [0.29, 0.717) is 5.56 Å². The molecule has 2 heteroatoms. The predicted octanol–water partition coefficient (Wildman–Crippen LogP) is 3.98. The van der Waals surface area contributed by atoms with Crippen LogP contribution in [0.3, 0.4) is 0 Å². The zero-order valence-corrected chi connectivity index (χ0v) is 10.7. The van der Waals surface area contributed by atoms with Gasteiger partial charge in [-0.15, -0.1) is 0 Å². The van der Waals surface area contributed by atoms with E-state index >= 15 is 0 Å². The van der Waals surface area contributed by atoms with Crippen LogP contribution < -0.4 is 0 Å². The SMILES string of the molecule is CCCC(C)(C)C(=O)/C=C(\O)c1ccccc1. The van der Waals surface area contributed by atoms with Crippen LogP contribution in [0.5, 0.6) is 0 Å².